The smallest absolute Gasteiger partial charge is 0.0965 e. The molecular weight excluding hydrogens is 230 g/mol. The molecule has 0 aromatic carbocycles. The van der Waals surface area contributed by atoms with Gasteiger partial charge in [-0.3, -0.25) is 4.98 Å². The summed E-state index contributed by atoms with van der Waals surface area (Å²) in [5.74, 6) is 0. The van der Waals surface area contributed by atoms with E-state index < -0.39 is 0 Å². The Morgan fingerprint density at radius 3 is 3.11 bits per heavy atom. The van der Waals surface area contributed by atoms with Crippen LogP contribution in [-0.4, -0.2) is 31.7 Å². The van der Waals surface area contributed by atoms with Crippen molar-refractivity contribution in [2.75, 3.05) is 6.61 Å². The maximum atomic E-state index is 8.78. The molecule has 6 heteroatoms. The minimum atomic E-state index is 0.0717. The van der Waals surface area contributed by atoms with Crippen molar-refractivity contribution >= 4 is 0 Å². The number of nitrogens with one attached hydrogen (secondary N) is 1. The van der Waals surface area contributed by atoms with Crippen molar-refractivity contribution in [2.24, 2.45) is 0 Å². The van der Waals surface area contributed by atoms with Crippen LogP contribution in [0.5, 0.6) is 0 Å². The molecule has 0 aliphatic carbocycles. The van der Waals surface area contributed by atoms with Crippen LogP contribution in [0.25, 0.3) is 0 Å². The van der Waals surface area contributed by atoms with Crippen molar-refractivity contribution in [3.05, 3.63) is 42.0 Å². The fourth-order valence-corrected chi connectivity index (χ4v) is 1.64. The first kappa shape index (κ1) is 12.7. The maximum Gasteiger partial charge on any atom is 0.0965 e. The standard InChI is InChI=1S/C12H17N5O/c1-10(11-3-2-4-13-7-11)14-8-12-9-17(5-6-18)16-15-12/h2-4,7,9-10,14,18H,5-6,8H2,1H3. The number of aliphatic hydroxyl groups is 1. The Labute approximate surface area is 106 Å². The largest absolute Gasteiger partial charge is 0.394 e. The lowest BCUT2D eigenvalue weighted by molar-refractivity contribution is 0.268. The topological polar surface area (TPSA) is 75.9 Å². The Morgan fingerprint density at radius 1 is 1.50 bits per heavy atom. The molecule has 1 unspecified atom stereocenters. The number of pyridine rings is 1. The van der Waals surface area contributed by atoms with Gasteiger partial charge in [-0.05, 0) is 18.6 Å². The molecule has 2 rings (SSSR count). The predicted octanol–water partition coefficient (Wildman–Crippen LogP) is 0.516. The van der Waals surface area contributed by atoms with E-state index in [-0.39, 0.29) is 12.6 Å². The first-order valence-corrected chi connectivity index (χ1v) is 5.93. The van der Waals surface area contributed by atoms with E-state index in [0.717, 1.165) is 11.3 Å². The zero-order valence-corrected chi connectivity index (χ0v) is 10.3. The molecule has 0 spiro atoms. The van der Waals surface area contributed by atoms with Crippen molar-refractivity contribution in [2.45, 2.75) is 26.1 Å². The van der Waals surface area contributed by atoms with Crippen LogP contribution in [0.15, 0.2) is 30.7 Å². The SMILES string of the molecule is CC(NCc1cn(CCO)nn1)c1cccnc1. The zero-order chi connectivity index (χ0) is 12.8. The average molecular weight is 247 g/mol. The van der Waals surface area contributed by atoms with Crippen LogP contribution in [0.2, 0.25) is 0 Å². The van der Waals surface area contributed by atoms with Crippen molar-refractivity contribution in [1.29, 1.82) is 0 Å². The summed E-state index contributed by atoms with van der Waals surface area (Å²) < 4.78 is 1.63. The van der Waals surface area contributed by atoms with E-state index in [2.05, 4.69) is 27.5 Å². The van der Waals surface area contributed by atoms with Gasteiger partial charge in [-0.15, -0.1) is 5.10 Å². The van der Waals surface area contributed by atoms with E-state index >= 15 is 0 Å². The van der Waals surface area contributed by atoms with Crippen molar-refractivity contribution in [1.82, 2.24) is 25.3 Å². The predicted molar refractivity (Wildman–Crippen MR) is 66.6 cm³/mol. The lowest BCUT2D eigenvalue weighted by Crippen LogP contribution is -2.18. The molecule has 0 radical (unpaired) electrons. The highest BCUT2D eigenvalue weighted by molar-refractivity contribution is 5.12. The van der Waals surface area contributed by atoms with Gasteiger partial charge in [0, 0.05) is 31.2 Å². The van der Waals surface area contributed by atoms with Crippen LogP contribution >= 0.6 is 0 Å². The van der Waals surface area contributed by atoms with Crippen LogP contribution in [0, 0.1) is 0 Å². The quantitative estimate of drug-likeness (QED) is 0.778. The molecule has 0 saturated carbocycles. The molecular formula is C12H17N5O. The van der Waals surface area contributed by atoms with Gasteiger partial charge in [-0.2, -0.15) is 0 Å². The van der Waals surface area contributed by atoms with Gasteiger partial charge in [0.1, 0.15) is 0 Å². The third-order valence-electron chi connectivity index (χ3n) is 2.69. The third-order valence-corrected chi connectivity index (χ3v) is 2.69. The molecule has 2 aromatic rings. The lowest BCUT2D eigenvalue weighted by atomic mass is 10.1. The van der Waals surface area contributed by atoms with Crippen molar-refractivity contribution in [3.8, 4) is 0 Å². The molecule has 6 nitrogen and oxygen atoms in total. The van der Waals surface area contributed by atoms with Crippen LogP contribution in [0.3, 0.4) is 0 Å². The Bertz CT molecular complexity index is 470. The number of aromatic nitrogens is 4. The Balaban J connectivity index is 1.87. The van der Waals surface area contributed by atoms with Crippen LogP contribution in [0.1, 0.15) is 24.2 Å². The van der Waals surface area contributed by atoms with E-state index in [9.17, 15) is 0 Å². The third kappa shape index (κ3) is 3.35. The fourth-order valence-electron chi connectivity index (χ4n) is 1.64. The summed E-state index contributed by atoms with van der Waals surface area (Å²) in [6.45, 7) is 3.27. The molecule has 0 fully saturated rings. The van der Waals surface area contributed by atoms with Crippen LogP contribution in [-0.2, 0) is 13.1 Å². The van der Waals surface area contributed by atoms with E-state index in [0.29, 0.717) is 13.1 Å². The number of nitrogens with zero attached hydrogens (tertiary/aromatic N) is 4. The number of aliphatic hydroxyl groups excluding tert-OH is 1. The number of hydrogen-bond acceptors (Lipinski definition) is 5. The summed E-state index contributed by atoms with van der Waals surface area (Å²) in [4.78, 5) is 4.09. The van der Waals surface area contributed by atoms with Gasteiger partial charge in [-0.25, -0.2) is 4.68 Å². The molecule has 0 aliphatic heterocycles. The first-order chi connectivity index (χ1) is 8.79. The summed E-state index contributed by atoms with van der Waals surface area (Å²) in [7, 11) is 0. The van der Waals surface area contributed by atoms with Gasteiger partial charge >= 0.3 is 0 Å². The highest BCUT2D eigenvalue weighted by atomic mass is 16.3. The highest BCUT2D eigenvalue weighted by Crippen LogP contribution is 2.10. The minimum absolute atomic E-state index is 0.0717. The molecule has 18 heavy (non-hydrogen) atoms. The molecule has 0 saturated heterocycles. The molecule has 0 amide bonds. The van der Waals surface area contributed by atoms with Crippen molar-refractivity contribution in [3.63, 3.8) is 0 Å². The zero-order valence-electron chi connectivity index (χ0n) is 10.3. The molecule has 2 heterocycles. The normalized spacial score (nSPS) is 12.6. The second kappa shape index (κ2) is 6.23. The van der Waals surface area contributed by atoms with Crippen LogP contribution in [0.4, 0.5) is 0 Å². The molecule has 2 N–H and O–H groups in total. The van der Waals surface area contributed by atoms with E-state index in [1.54, 1.807) is 10.9 Å². The summed E-state index contributed by atoms with van der Waals surface area (Å²) in [6.07, 6.45) is 5.44. The van der Waals surface area contributed by atoms with Crippen molar-refractivity contribution < 1.29 is 5.11 Å². The van der Waals surface area contributed by atoms with Gasteiger partial charge in [0.15, 0.2) is 0 Å². The van der Waals surface area contributed by atoms with E-state index in [1.807, 2.05) is 24.5 Å². The summed E-state index contributed by atoms with van der Waals surface area (Å²) in [5, 5.41) is 20.1. The Hall–Kier alpha value is -1.79. The first-order valence-electron chi connectivity index (χ1n) is 5.93. The Morgan fingerprint density at radius 2 is 2.39 bits per heavy atom. The Kier molecular flexibility index (Phi) is 4.38. The van der Waals surface area contributed by atoms with Gasteiger partial charge in [0.05, 0.1) is 18.8 Å². The molecule has 1 atom stereocenters. The second-order valence-electron chi connectivity index (χ2n) is 4.09. The monoisotopic (exact) mass is 247 g/mol. The summed E-state index contributed by atoms with van der Waals surface area (Å²) >= 11 is 0. The minimum Gasteiger partial charge on any atom is -0.394 e. The van der Waals surface area contributed by atoms with Gasteiger partial charge < -0.3 is 10.4 Å². The molecule has 0 aliphatic rings. The summed E-state index contributed by atoms with van der Waals surface area (Å²) in [6, 6.07) is 4.17. The molecule has 2 aromatic heterocycles. The summed E-state index contributed by atoms with van der Waals surface area (Å²) in [5.41, 5.74) is 2.00. The van der Waals surface area contributed by atoms with E-state index in [1.165, 1.54) is 0 Å². The van der Waals surface area contributed by atoms with E-state index in [4.69, 9.17) is 5.11 Å². The molecule has 0 bridgehead atoms. The average Bonchev–Trinajstić information content (AvgIpc) is 2.85. The second-order valence-corrected chi connectivity index (χ2v) is 4.09. The van der Waals surface area contributed by atoms with Gasteiger partial charge in [0.25, 0.3) is 0 Å². The lowest BCUT2D eigenvalue weighted by Gasteiger charge is -2.12. The number of rotatable bonds is 6. The number of hydrogen-bond donors (Lipinski definition) is 2. The maximum absolute atomic E-state index is 8.78. The van der Waals surface area contributed by atoms with Gasteiger partial charge in [-0.1, -0.05) is 11.3 Å². The van der Waals surface area contributed by atoms with Gasteiger partial charge in [0.2, 0.25) is 0 Å². The van der Waals surface area contributed by atoms with Crippen LogP contribution < -0.4 is 5.32 Å². The molecule has 96 valence electrons. The fraction of sp³-hybridized carbons (Fsp3) is 0.417. The highest BCUT2D eigenvalue weighted by Gasteiger charge is 2.06.